The van der Waals surface area contributed by atoms with Gasteiger partial charge in [-0.25, -0.2) is 0 Å². The number of hydrogen-bond acceptors (Lipinski definition) is 2. The molecule has 0 aliphatic heterocycles. The second-order valence-corrected chi connectivity index (χ2v) is 3.69. The second kappa shape index (κ2) is 5.35. The van der Waals surface area contributed by atoms with Crippen LogP contribution < -0.4 is 4.74 Å². The Labute approximate surface area is 90.6 Å². The maximum Gasteiger partial charge on any atom is 0.146 e. The molecule has 1 aromatic carbocycles. The van der Waals surface area contributed by atoms with E-state index in [0.717, 1.165) is 23.2 Å². The maximum absolute atomic E-state index is 10.8. The van der Waals surface area contributed by atoms with Crippen LogP contribution in [0.4, 0.5) is 0 Å². The van der Waals surface area contributed by atoms with Crippen molar-refractivity contribution >= 4 is 12.4 Å². The molecule has 2 heteroatoms. The predicted octanol–water partition coefficient (Wildman–Crippen LogP) is 2.93. The van der Waals surface area contributed by atoms with E-state index in [1.165, 1.54) is 0 Å². The number of ether oxygens (including phenoxy) is 1. The normalized spacial score (nSPS) is 11.6. The first-order valence-corrected chi connectivity index (χ1v) is 4.98. The number of hydrogen-bond donors (Lipinski definition) is 0. The molecule has 1 rings (SSSR count). The number of carbonyl (C=O) groups is 1. The molecule has 0 atom stereocenters. The summed E-state index contributed by atoms with van der Waals surface area (Å²) in [7, 11) is 1.63. The lowest BCUT2D eigenvalue weighted by atomic mass is 10.0. The van der Waals surface area contributed by atoms with Gasteiger partial charge in [0, 0.05) is 0 Å². The first kappa shape index (κ1) is 11.5. The lowest BCUT2D eigenvalue weighted by Gasteiger charge is -2.04. The van der Waals surface area contributed by atoms with Crippen LogP contribution in [0.5, 0.6) is 5.75 Å². The number of benzene rings is 1. The largest absolute Gasteiger partial charge is 0.497 e. The molecule has 2 nitrogen and oxygen atoms in total. The molecule has 0 amide bonds. The molecule has 0 spiro atoms. The Morgan fingerprint density at radius 3 is 2.67 bits per heavy atom. The molecule has 15 heavy (non-hydrogen) atoms. The molecule has 0 radical (unpaired) electrons. The molecule has 80 valence electrons. The van der Waals surface area contributed by atoms with Gasteiger partial charge in [-0.15, -0.1) is 0 Å². The van der Waals surface area contributed by atoms with Crippen molar-refractivity contribution in [1.82, 2.24) is 0 Å². The van der Waals surface area contributed by atoms with Crippen molar-refractivity contribution in [2.24, 2.45) is 5.92 Å². The van der Waals surface area contributed by atoms with E-state index in [2.05, 4.69) is 0 Å². The van der Waals surface area contributed by atoms with Crippen LogP contribution in [0.1, 0.15) is 19.4 Å². The topological polar surface area (TPSA) is 26.3 Å². The van der Waals surface area contributed by atoms with Crippen LogP contribution in [0.2, 0.25) is 0 Å². The van der Waals surface area contributed by atoms with Gasteiger partial charge in [-0.2, -0.15) is 0 Å². The Bertz CT molecular complexity index is 365. The van der Waals surface area contributed by atoms with Crippen LogP contribution in [0.15, 0.2) is 29.8 Å². The molecule has 0 unspecified atom stereocenters. The third-order valence-corrected chi connectivity index (χ3v) is 2.23. The Balaban J connectivity index is 3.00. The average molecular weight is 204 g/mol. The van der Waals surface area contributed by atoms with Crippen molar-refractivity contribution in [3.63, 3.8) is 0 Å². The minimum Gasteiger partial charge on any atom is -0.497 e. The van der Waals surface area contributed by atoms with Gasteiger partial charge in [-0.1, -0.05) is 26.0 Å². The smallest absolute Gasteiger partial charge is 0.146 e. The molecule has 1 aromatic rings. The van der Waals surface area contributed by atoms with Crippen LogP contribution in [0.3, 0.4) is 0 Å². The van der Waals surface area contributed by atoms with Gasteiger partial charge in [-0.05, 0) is 35.3 Å². The van der Waals surface area contributed by atoms with Crippen molar-refractivity contribution in [3.8, 4) is 5.75 Å². The summed E-state index contributed by atoms with van der Waals surface area (Å²) in [5.41, 5.74) is 1.79. The highest BCUT2D eigenvalue weighted by Crippen LogP contribution is 2.17. The molecule has 0 heterocycles. The van der Waals surface area contributed by atoms with E-state index < -0.39 is 0 Å². The lowest BCUT2D eigenvalue weighted by molar-refractivity contribution is -0.105. The number of allylic oxidation sites excluding steroid dienone is 1. The highest BCUT2D eigenvalue weighted by Gasteiger charge is 2.01. The van der Waals surface area contributed by atoms with Gasteiger partial charge in [0.2, 0.25) is 0 Å². The highest BCUT2D eigenvalue weighted by molar-refractivity contribution is 5.82. The van der Waals surface area contributed by atoms with E-state index >= 15 is 0 Å². The monoisotopic (exact) mass is 204 g/mol. The van der Waals surface area contributed by atoms with E-state index in [-0.39, 0.29) is 5.92 Å². The molecule has 0 N–H and O–H groups in total. The highest BCUT2D eigenvalue weighted by atomic mass is 16.5. The fourth-order valence-electron chi connectivity index (χ4n) is 1.26. The first-order chi connectivity index (χ1) is 7.17. The van der Waals surface area contributed by atoms with E-state index in [4.69, 9.17) is 4.74 Å². The fraction of sp³-hybridized carbons (Fsp3) is 0.308. The zero-order valence-corrected chi connectivity index (χ0v) is 9.36. The summed E-state index contributed by atoms with van der Waals surface area (Å²) in [5, 5.41) is 0. The molecule has 0 saturated carbocycles. The SMILES string of the molecule is COc1cccc(C=C(C=O)C(C)C)c1. The Morgan fingerprint density at radius 2 is 2.13 bits per heavy atom. The Hall–Kier alpha value is -1.57. The Morgan fingerprint density at radius 1 is 1.40 bits per heavy atom. The quantitative estimate of drug-likeness (QED) is 0.556. The zero-order chi connectivity index (χ0) is 11.3. The molecule has 0 aliphatic carbocycles. The predicted molar refractivity (Wildman–Crippen MR) is 61.9 cm³/mol. The lowest BCUT2D eigenvalue weighted by Crippen LogP contribution is -1.94. The van der Waals surface area contributed by atoms with Gasteiger partial charge in [0.25, 0.3) is 0 Å². The molecule has 0 aromatic heterocycles. The second-order valence-electron chi connectivity index (χ2n) is 3.69. The number of carbonyl (C=O) groups excluding carboxylic acids is 1. The third kappa shape index (κ3) is 3.24. The average Bonchev–Trinajstić information content (AvgIpc) is 2.25. The van der Waals surface area contributed by atoms with Crippen LogP contribution in [-0.4, -0.2) is 13.4 Å². The van der Waals surface area contributed by atoms with Crippen LogP contribution >= 0.6 is 0 Å². The number of aldehydes is 1. The number of rotatable bonds is 4. The summed E-state index contributed by atoms with van der Waals surface area (Å²) in [4.78, 5) is 10.8. The van der Waals surface area contributed by atoms with Gasteiger partial charge >= 0.3 is 0 Å². The zero-order valence-electron chi connectivity index (χ0n) is 9.36. The third-order valence-electron chi connectivity index (χ3n) is 2.23. The minimum absolute atomic E-state index is 0.244. The van der Waals surface area contributed by atoms with Crippen molar-refractivity contribution in [1.29, 1.82) is 0 Å². The molecular formula is C13H16O2. The molecule has 0 bridgehead atoms. The van der Waals surface area contributed by atoms with Gasteiger partial charge < -0.3 is 4.74 Å². The van der Waals surface area contributed by atoms with Gasteiger partial charge in [0.05, 0.1) is 7.11 Å². The van der Waals surface area contributed by atoms with Crippen LogP contribution in [-0.2, 0) is 4.79 Å². The first-order valence-electron chi connectivity index (χ1n) is 4.98. The summed E-state index contributed by atoms with van der Waals surface area (Å²) in [6.45, 7) is 4.00. The van der Waals surface area contributed by atoms with Gasteiger partial charge in [0.1, 0.15) is 12.0 Å². The summed E-state index contributed by atoms with van der Waals surface area (Å²) in [6, 6.07) is 7.65. The molecule has 0 saturated heterocycles. The van der Waals surface area contributed by atoms with E-state index in [9.17, 15) is 4.79 Å². The van der Waals surface area contributed by atoms with Crippen molar-refractivity contribution in [2.45, 2.75) is 13.8 Å². The standard InChI is InChI=1S/C13H16O2/c1-10(2)12(9-14)7-11-5-4-6-13(8-11)15-3/h4-10H,1-3H3. The van der Waals surface area contributed by atoms with Crippen molar-refractivity contribution < 1.29 is 9.53 Å². The van der Waals surface area contributed by atoms with E-state index in [1.54, 1.807) is 7.11 Å². The van der Waals surface area contributed by atoms with Crippen LogP contribution in [0, 0.1) is 5.92 Å². The Kier molecular flexibility index (Phi) is 4.10. The van der Waals surface area contributed by atoms with Crippen LogP contribution in [0.25, 0.3) is 6.08 Å². The van der Waals surface area contributed by atoms with E-state index in [1.807, 2.05) is 44.2 Å². The van der Waals surface area contributed by atoms with Crippen molar-refractivity contribution in [2.75, 3.05) is 7.11 Å². The number of methoxy groups -OCH3 is 1. The molecule has 0 fully saturated rings. The minimum atomic E-state index is 0.244. The summed E-state index contributed by atoms with van der Waals surface area (Å²) in [6.07, 6.45) is 2.80. The van der Waals surface area contributed by atoms with E-state index in [0.29, 0.717) is 0 Å². The summed E-state index contributed by atoms with van der Waals surface area (Å²) in [5.74, 6) is 1.05. The van der Waals surface area contributed by atoms with Gasteiger partial charge in [0.15, 0.2) is 0 Å². The van der Waals surface area contributed by atoms with Gasteiger partial charge in [-0.3, -0.25) is 4.79 Å². The molecule has 0 aliphatic rings. The fourth-order valence-corrected chi connectivity index (χ4v) is 1.26. The van der Waals surface area contributed by atoms with Crippen molar-refractivity contribution in [3.05, 3.63) is 35.4 Å². The maximum atomic E-state index is 10.8. The molecular weight excluding hydrogens is 188 g/mol. The summed E-state index contributed by atoms with van der Waals surface area (Å²) >= 11 is 0. The summed E-state index contributed by atoms with van der Waals surface area (Å²) < 4.78 is 5.11.